The van der Waals surface area contributed by atoms with E-state index in [-0.39, 0.29) is 0 Å². The minimum Gasteiger partial charge on any atom is -0.376 e. The van der Waals surface area contributed by atoms with Crippen LogP contribution in [0.15, 0.2) is 6.07 Å². The molecule has 1 atom stereocenters. The fourth-order valence-corrected chi connectivity index (χ4v) is 2.90. The van der Waals surface area contributed by atoms with Crippen molar-refractivity contribution in [3.63, 3.8) is 0 Å². The lowest BCUT2D eigenvalue weighted by atomic mass is 10.1. The highest BCUT2D eigenvalue weighted by atomic mass is 16.5. The zero-order chi connectivity index (χ0) is 14.5. The molecule has 0 aliphatic carbocycles. The molecule has 1 aliphatic rings. The number of nitrogens with zero attached hydrogens (tertiary/aromatic N) is 2. The molecule has 2 rings (SSSR count). The molecule has 0 saturated carbocycles. The summed E-state index contributed by atoms with van der Waals surface area (Å²) >= 11 is 0. The molecule has 0 amide bonds. The molecule has 1 fully saturated rings. The first-order valence-electron chi connectivity index (χ1n) is 7.56. The second-order valence-electron chi connectivity index (χ2n) is 5.78. The van der Waals surface area contributed by atoms with E-state index in [1.165, 1.54) is 24.0 Å². The maximum atomic E-state index is 5.85. The van der Waals surface area contributed by atoms with Crippen LogP contribution in [0.5, 0.6) is 0 Å². The van der Waals surface area contributed by atoms with E-state index in [2.05, 4.69) is 37.2 Å². The van der Waals surface area contributed by atoms with Crippen LogP contribution in [-0.4, -0.2) is 38.3 Å². The van der Waals surface area contributed by atoms with Crippen molar-refractivity contribution in [1.29, 1.82) is 0 Å². The lowest BCUT2D eigenvalue weighted by Crippen LogP contribution is -2.34. The first-order valence-corrected chi connectivity index (χ1v) is 7.56. The molecule has 112 valence electrons. The van der Waals surface area contributed by atoms with Gasteiger partial charge in [0.05, 0.1) is 6.10 Å². The minimum atomic E-state index is 0.346. The number of aromatic nitrogens is 1. The summed E-state index contributed by atoms with van der Waals surface area (Å²) in [5.41, 5.74) is 3.67. The molecular formula is C16H27N3O. The van der Waals surface area contributed by atoms with Gasteiger partial charge in [-0.25, -0.2) is 4.98 Å². The molecule has 4 nitrogen and oxygen atoms in total. The number of hydrogen-bond acceptors (Lipinski definition) is 4. The van der Waals surface area contributed by atoms with Crippen LogP contribution in [0, 0.1) is 13.8 Å². The average Bonchev–Trinajstić information content (AvgIpc) is 2.42. The Balaban J connectivity index is 2.16. The van der Waals surface area contributed by atoms with Crippen molar-refractivity contribution < 1.29 is 4.74 Å². The second kappa shape index (κ2) is 7.04. The molecule has 1 aliphatic heterocycles. The molecule has 2 heterocycles. The van der Waals surface area contributed by atoms with Crippen molar-refractivity contribution in [2.75, 3.05) is 32.1 Å². The van der Waals surface area contributed by atoms with Gasteiger partial charge in [-0.15, -0.1) is 0 Å². The van der Waals surface area contributed by atoms with E-state index in [4.69, 9.17) is 9.72 Å². The van der Waals surface area contributed by atoms with Gasteiger partial charge in [0.2, 0.25) is 0 Å². The Labute approximate surface area is 122 Å². The summed E-state index contributed by atoms with van der Waals surface area (Å²) in [6.07, 6.45) is 3.99. The molecule has 4 heteroatoms. The molecule has 20 heavy (non-hydrogen) atoms. The van der Waals surface area contributed by atoms with Crippen molar-refractivity contribution in [2.24, 2.45) is 0 Å². The van der Waals surface area contributed by atoms with Gasteiger partial charge in [-0.3, -0.25) is 0 Å². The molecule has 1 N–H and O–H groups in total. The number of nitrogens with one attached hydrogen (secondary N) is 1. The van der Waals surface area contributed by atoms with Crippen LogP contribution in [0.2, 0.25) is 0 Å². The quantitative estimate of drug-likeness (QED) is 0.897. The van der Waals surface area contributed by atoms with Crippen LogP contribution in [0.3, 0.4) is 0 Å². The normalized spacial score (nSPS) is 19.1. The topological polar surface area (TPSA) is 37.4 Å². The molecule has 0 radical (unpaired) electrons. The third-order valence-corrected chi connectivity index (χ3v) is 3.92. The smallest absolute Gasteiger partial charge is 0.133 e. The predicted octanol–water partition coefficient (Wildman–Crippen LogP) is 2.42. The van der Waals surface area contributed by atoms with Gasteiger partial charge in [-0.05, 0) is 51.8 Å². The van der Waals surface area contributed by atoms with Crippen molar-refractivity contribution in [2.45, 2.75) is 45.8 Å². The molecule has 1 aromatic heterocycles. The van der Waals surface area contributed by atoms with E-state index >= 15 is 0 Å². The standard InChI is InChI=1S/C16H27N3O/c1-12-9-13(2)18-16(15(12)10-17-3)19(4)11-14-7-5-6-8-20-14/h9,14,17H,5-8,10-11H2,1-4H3. The number of ether oxygens (including phenoxy) is 1. The molecule has 0 spiro atoms. The summed E-state index contributed by atoms with van der Waals surface area (Å²) < 4.78 is 5.85. The largest absolute Gasteiger partial charge is 0.376 e. The summed E-state index contributed by atoms with van der Waals surface area (Å²) in [5.74, 6) is 1.09. The van der Waals surface area contributed by atoms with E-state index in [1.807, 2.05) is 7.05 Å². The third kappa shape index (κ3) is 3.70. The summed E-state index contributed by atoms with van der Waals surface area (Å²) in [6.45, 7) is 6.90. The van der Waals surface area contributed by atoms with Crippen molar-refractivity contribution in [3.8, 4) is 0 Å². The van der Waals surface area contributed by atoms with Crippen molar-refractivity contribution >= 4 is 5.82 Å². The Morgan fingerprint density at radius 2 is 2.20 bits per heavy atom. The SMILES string of the molecule is CNCc1c(C)cc(C)nc1N(C)CC1CCCCO1. The fourth-order valence-electron chi connectivity index (χ4n) is 2.90. The van der Waals surface area contributed by atoms with E-state index in [0.29, 0.717) is 6.10 Å². The number of rotatable bonds is 5. The number of anilines is 1. The van der Waals surface area contributed by atoms with Crippen LogP contribution >= 0.6 is 0 Å². The third-order valence-electron chi connectivity index (χ3n) is 3.92. The van der Waals surface area contributed by atoms with Crippen LogP contribution in [-0.2, 0) is 11.3 Å². The first-order chi connectivity index (χ1) is 9.61. The van der Waals surface area contributed by atoms with Crippen LogP contribution in [0.1, 0.15) is 36.1 Å². The molecule has 0 bridgehead atoms. The first kappa shape index (κ1) is 15.3. The molecule has 0 aromatic carbocycles. The van der Waals surface area contributed by atoms with Gasteiger partial charge in [0, 0.05) is 38.0 Å². The lowest BCUT2D eigenvalue weighted by Gasteiger charge is -2.29. The highest BCUT2D eigenvalue weighted by Crippen LogP contribution is 2.23. The van der Waals surface area contributed by atoms with Gasteiger partial charge >= 0.3 is 0 Å². The van der Waals surface area contributed by atoms with Gasteiger partial charge in [0.25, 0.3) is 0 Å². The Morgan fingerprint density at radius 3 is 2.85 bits per heavy atom. The van der Waals surface area contributed by atoms with Gasteiger partial charge in [0.15, 0.2) is 0 Å². The number of aryl methyl sites for hydroxylation is 2. The highest BCUT2D eigenvalue weighted by Gasteiger charge is 2.19. The van der Waals surface area contributed by atoms with E-state index in [9.17, 15) is 0 Å². The van der Waals surface area contributed by atoms with Crippen LogP contribution in [0.4, 0.5) is 5.82 Å². The lowest BCUT2D eigenvalue weighted by molar-refractivity contribution is 0.0215. The number of likely N-dealkylation sites (N-methyl/N-ethyl adjacent to an activating group) is 1. The van der Waals surface area contributed by atoms with Crippen LogP contribution < -0.4 is 10.2 Å². The second-order valence-corrected chi connectivity index (χ2v) is 5.78. The van der Waals surface area contributed by atoms with Gasteiger partial charge in [0.1, 0.15) is 5.82 Å². The van der Waals surface area contributed by atoms with Gasteiger partial charge in [-0.2, -0.15) is 0 Å². The zero-order valence-electron chi connectivity index (χ0n) is 13.2. The maximum Gasteiger partial charge on any atom is 0.133 e. The molecule has 1 saturated heterocycles. The zero-order valence-corrected chi connectivity index (χ0v) is 13.2. The van der Waals surface area contributed by atoms with Gasteiger partial charge in [-0.1, -0.05) is 0 Å². The van der Waals surface area contributed by atoms with Crippen LogP contribution in [0.25, 0.3) is 0 Å². The van der Waals surface area contributed by atoms with E-state index in [1.54, 1.807) is 0 Å². The Bertz CT molecular complexity index is 442. The predicted molar refractivity (Wildman–Crippen MR) is 83.3 cm³/mol. The maximum absolute atomic E-state index is 5.85. The van der Waals surface area contributed by atoms with E-state index in [0.717, 1.165) is 37.6 Å². The molecular weight excluding hydrogens is 250 g/mol. The van der Waals surface area contributed by atoms with Crippen molar-refractivity contribution in [3.05, 3.63) is 22.9 Å². The number of pyridine rings is 1. The minimum absolute atomic E-state index is 0.346. The monoisotopic (exact) mass is 277 g/mol. The molecule has 1 unspecified atom stereocenters. The summed E-state index contributed by atoms with van der Waals surface area (Å²) in [4.78, 5) is 7.00. The highest BCUT2D eigenvalue weighted by molar-refractivity contribution is 5.51. The summed E-state index contributed by atoms with van der Waals surface area (Å²) in [7, 11) is 4.10. The fraction of sp³-hybridized carbons (Fsp3) is 0.688. The Kier molecular flexibility index (Phi) is 5.38. The summed E-state index contributed by atoms with van der Waals surface area (Å²) in [5, 5.41) is 3.25. The molecule has 1 aromatic rings. The number of hydrogen-bond donors (Lipinski definition) is 1. The Morgan fingerprint density at radius 1 is 1.40 bits per heavy atom. The Hall–Kier alpha value is -1.13. The van der Waals surface area contributed by atoms with Gasteiger partial charge < -0.3 is 15.0 Å². The average molecular weight is 277 g/mol. The summed E-state index contributed by atoms with van der Waals surface area (Å²) in [6, 6.07) is 2.15. The van der Waals surface area contributed by atoms with Crippen molar-refractivity contribution in [1.82, 2.24) is 10.3 Å². The van der Waals surface area contributed by atoms with E-state index < -0.39 is 0 Å².